The molecule has 0 spiro atoms. The van der Waals surface area contributed by atoms with Gasteiger partial charge in [-0.2, -0.15) is 0 Å². The van der Waals surface area contributed by atoms with Crippen molar-refractivity contribution in [3.05, 3.63) is 34.9 Å². The van der Waals surface area contributed by atoms with Crippen LogP contribution < -0.4 is 0 Å². The number of aliphatic hydroxyl groups excluding tert-OH is 1. The van der Waals surface area contributed by atoms with Gasteiger partial charge in [0, 0.05) is 0 Å². The third kappa shape index (κ3) is 1.78. The molecule has 0 aromatic heterocycles. The van der Waals surface area contributed by atoms with Gasteiger partial charge in [-0.1, -0.05) is 44.5 Å². The molecule has 0 unspecified atom stereocenters. The standard InChI is InChI=1S/C18H26O/c1-12-5-7-14-13(11-12)6-8-15-17(2,3)16(19)9-10-18(14,15)4/h5,7,11,15-16,19H,6,8-10H2,1-4H3/t15-,16-,18+/m0/s1. The van der Waals surface area contributed by atoms with Crippen LogP contribution in [0, 0.1) is 18.3 Å². The highest BCUT2D eigenvalue weighted by atomic mass is 16.3. The Morgan fingerprint density at radius 2 is 1.89 bits per heavy atom. The fourth-order valence-electron chi connectivity index (χ4n) is 4.84. The third-order valence-electron chi connectivity index (χ3n) is 6.04. The Labute approximate surface area is 117 Å². The van der Waals surface area contributed by atoms with Crippen molar-refractivity contribution in [2.24, 2.45) is 11.3 Å². The fraction of sp³-hybridized carbons (Fsp3) is 0.667. The summed E-state index contributed by atoms with van der Waals surface area (Å²) < 4.78 is 0. The average molecular weight is 258 g/mol. The molecule has 2 aliphatic rings. The van der Waals surface area contributed by atoms with Gasteiger partial charge in [-0.3, -0.25) is 0 Å². The van der Waals surface area contributed by atoms with Crippen molar-refractivity contribution in [2.45, 2.75) is 64.9 Å². The van der Waals surface area contributed by atoms with E-state index < -0.39 is 0 Å². The van der Waals surface area contributed by atoms with E-state index in [-0.39, 0.29) is 16.9 Å². The molecule has 3 atom stereocenters. The van der Waals surface area contributed by atoms with Gasteiger partial charge in [-0.15, -0.1) is 0 Å². The third-order valence-corrected chi connectivity index (χ3v) is 6.04. The molecule has 19 heavy (non-hydrogen) atoms. The summed E-state index contributed by atoms with van der Waals surface area (Å²) in [6, 6.07) is 6.98. The van der Waals surface area contributed by atoms with Crippen molar-refractivity contribution in [1.82, 2.24) is 0 Å². The van der Waals surface area contributed by atoms with Gasteiger partial charge >= 0.3 is 0 Å². The van der Waals surface area contributed by atoms with Gasteiger partial charge in [-0.05, 0) is 60.5 Å². The highest BCUT2D eigenvalue weighted by molar-refractivity contribution is 5.41. The summed E-state index contributed by atoms with van der Waals surface area (Å²) in [5, 5.41) is 10.4. The summed E-state index contributed by atoms with van der Waals surface area (Å²) in [6.45, 7) is 9.14. The van der Waals surface area contributed by atoms with E-state index in [1.165, 1.54) is 18.4 Å². The van der Waals surface area contributed by atoms with E-state index in [9.17, 15) is 5.11 Å². The maximum atomic E-state index is 10.4. The lowest BCUT2D eigenvalue weighted by Gasteiger charge is -2.56. The van der Waals surface area contributed by atoms with E-state index in [2.05, 4.69) is 45.9 Å². The predicted molar refractivity (Wildman–Crippen MR) is 79.4 cm³/mol. The summed E-state index contributed by atoms with van der Waals surface area (Å²) in [5.74, 6) is 0.596. The highest BCUT2D eigenvalue weighted by Crippen LogP contribution is 2.56. The first-order valence-electron chi connectivity index (χ1n) is 7.64. The molecule has 1 aromatic carbocycles. The van der Waals surface area contributed by atoms with Crippen molar-refractivity contribution in [2.75, 3.05) is 0 Å². The number of aryl methyl sites for hydroxylation is 2. The van der Waals surface area contributed by atoms with E-state index in [1.807, 2.05) is 0 Å². The van der Waals surface area contributed by atoms with E-state index in [0.717, 1.165) is 12.8 Å². The molecule has 1 fully saturated rings. The molecular formula is C18H26O. The summed E-state index contributed by atoms with van der Waals surface area (Å²) in [5.41, 5.74) is 4.76. The maximum absolute atomic E-state index is 10.4. The lowest BCUT2D eigenvalue weighted by molar-refractivity contribution is -0.0730. The molecule has 0 radical (unpaired) electrons. The van der Waals surface area contributed by atoms with Crippen molar-refractivity contribution < 1.29 is 5.11 Å². The summed E-state index contributed by atoms with van der Waals surface area (Å²) in [4.78, 5) is 0. The lowest BCUT2D eigenvalue weighted by Crippen LogP contribution is -2.53. The number of rotatable bonds is 0. The molecule has 2 aliphatic carbocycles. The minimum atomic E-state index is -0.141. The number of aliphatic hydroxyl groups is 1. The van der Waals surface area contributed by atoms with Gasteiger partial charge in [0.2, 0.25) is 0 Å². The molecule has 1 saturated carbocycles. The Morgan fingerprint density at radius 3 is 2.63 bits per heavy atom. The Bertz CT molecular complexity index is 502. The van der Waals surface area contributed by atoms with Crippen LogP contribution in [0.4, 0.5) is 0 Å². The van der Waals surface area contributed by atoms with Crippen molar-refractivity contribution in [1.29, 1.82) is 0 Å². The number of hydrogen-bond acceptors (Lipinski definition) is 1. The first kappa shape index (κ1) is 13.2. The van der Waals surface area contributed by atoms with Crippen LogP contribution in [0.2, 0.25) is 0 Å². The van der Waals surface area contributed by atoms with E-state index >= 15 is 0 Å². The molecule has 3 rings (SSSR count). The second-order valence-electron chi connectivity index (χ2n) is 7.55. The fourth-order valence-corrected chi connectivity index (χ4v) is 4.84. The molecular weight excluding hydrogens is 232 g/mol. The number of hydrogen-bond donors (Lipinski definition) is 1. The second kappa shape index (κ2) is 4.09. The molecule has 1 N–H and O–H groups in total. The van der Waals surface area contributed by atoms with Gasteiger partial charge in [-0.25, -0.2) is 0 Å². The first-order chi connectivity index (χ1) is 8.85. The Hall–Kier alpha value is -0.820. The molecule has 0 amide bonds. The van der Waals surface area contributed by atoms with Gasteiger partial charge < -0.3 is 5.11 Å². The molecule has 1 heteroatoms. The van der Waals surface area contributed by atoms with Crippen LogP contribution in [0.1, 0.15) is 56.7 Å². The van der Waals surface area contributed by atoms with Crippen molar-refractivity contribution in [3.63, 3.8) is 0 Å². The number of benzene rings is 1. The largest absolute Gasteiger partial charge is 0.393 e. The predicted octanol–water partition coefficient (Wildman–Crippen LogP) is 4.00. The maximum Gasteiger partial charge on any atom is 0.0594 e. The second-order valence-corrected chi connectivity index (χ2v) is 7.55. The van der Waals surface area contributed by atoms with E-state index in [0.29, 0.717) is 5.92 Å². The lowest BCUT2D eigenvalue weighted by atomic mass is 9.49. The zero-order chi connectivity index (χ0) is 13.8. The van der Waals surface area contributed by atoms with Crippen molar-refractivity contribution >= 4 is 0 Å². The SMILES string of the molecule is Cc1ccc2c(c1)CC[C@H]1C(C)(C)[C@@H](O)CC[C@]21C. The van der Waals surface area contributed by atoms with Crippen LogP contribution in [-0.4, -0.2) is 11.2 Å². The molecule has 0 bridgehead atoms. The van der Waals surface area contributed by atoms with Gasteiger partial charge in [0.25, 0.3) is 0 Å². The monoisotopic (exact) mass is 258 g/mol. The van der Waals surface area contributed by atoms with Gasteiger partial charge in [0.1, 0.15) is 0 Å². The molecule has 1 aromatic rings. The summed E-state index contributed by atoms with van der Waals surface area (Å²) >= 11 is 0. The zero-order valence-electron chi connectivity index (χ0n) is 12.7. The van der Waals surface area contributed by atoms with Crippen LogP contribution in [0.25, 0.3) is 0 Å². The Balaban J connectivity index is 2.10. The normalized spacial score (nSPS) is 36.5. The summed E-state index contributed by atoms with van der Waals surface area (Å²) in [7, 11) is 0. The zero-order valence-corrected chi connectivity index (χ0v) is 12.7. The van der Waals surface area contributed by atoms with Crippen LogP contribution in [-0.2, 0) is 11.8 Å². The molecule has 104 valence electrons. The quantitative estimate of drug-likeness (QED) is 0.746. The molecule has 0 heterocycles. The Morgan fingerprint density at radius 1 is 1.16 bits per heavy atom. The highest BCUT2D eigenvalue weighted by Gasteiger charge is 2.53. The van der Waals surface area contributed by atoms with E-state index in [1.54, 1.807) is 11.1 Å². The van der Waals surface area contributed by atoms with Gasteiger partial charge in [0.05, 0.1) is 6.10 Å². The molecule has 0 saturated heterocycles. The minimum Gasteiger partial charge on any atom is -0.393 e. The van der Waals surface area contributed by atoms with E-state index in [4.69, 9.17) is 0 Å². The van der Waals surface area contributed by atoms with Crippen LogP contribution in [0.5, 0.6) is 0 Å². The Kier molecular flexibility index (Phi) is 2.83. The van der Waals surface area contributed by atoms with Crippen LogP contribution >= 0.6 is 0 Å². The first-order valence-corrected chi connectivity index (χ1v) is 7.64. The minimum absolute atomic E-state index is 0.0373. The topological polar surface area (TPSA) is 20.2 Å². The van der Waals surface area contributed by atoms with Crippen LogP contribution in [0.15, 0.2) is 18.2 Å². The molecule has 0 aliphatic heterocycles. The molecule has 1 nitrogen and oxygen atoms in total. The smallest absolute Gasteiger partial charge is 0.0594 e. The van der Waals surface area contributed by atoms with Gasteiger partial charge in [0.15, 0.2) is 0 Å². The summed E-state index contributed by atoms with van der Waals surface area (Å²) in [6.07, 6.45) is 4.31. The van der Waals surface area contributed by atoms with Crippen molar-refractivity contribution in [3.8, 4) is 0 Å². The number of fused-ring (bicyclic) bond motifs is 3. The average Bonchev–Trinajstić information content (AvgIpc) is 2.34. The van der Waals surface area contributed by atoms with Crippen LogP contribution in [0.3, 0.4) is 0 Å².